The monoisotopic (exact) mass is 460 g/mol. The number of fused-ring (bicyclic) bond motifs is 2. The van der Waals surface area contributed by atoms with E-state index in [1.54, 1.807) is 6.92 Å². The van der Waals surface area contributed by atoms with Gasteiger partial charge in [0.25, 0.3) is 0 Å². The molecule has 2 aliphatic heterocycles. The first kappa shape index (κ1) is 20.8. The first-order chi connectivity index (χ1) is 15.5. The number of rotatable bonds is 4. The number of carbonyl (C=O) groups excluding carboxylic acids is 1. The van der Waals surface area contributed by atoms with E-state index in [2.05, 4.69) is 19.1 Å². The standard InChI is InChI=1S/C25H21ClN4OS/c1-3-23-21-11-7-8-12-22(21)25(29(27-23)19-9-5-4-6-10-19)30(28-24(32-25)17(2)31)20-15-13-18(26)14-16-20/h4-16H,3H2,1-2H3/t25-/m0/s1. The van der Waals surface area contributed by atoms with E-state index in [9.17, 15) is 4.79 Å². The van der Waals surface area contributed by atoms with E-state index in [4.69, 9.17) is 21.8 Å². The summed E-state index contributed by atoms with van der Waals surface area (Å²) in [4.78, 5) is 11.6. The Morgan fingerprint density at radius 3 is 2.22 bits per heavy atom. The van der Waals surface area contributed by atoms with Crippen LogP contribution in [-0.4, -0.2) is 16.5 Å². The molecular formula is C25H21ClN4OS. The summed E-state index contributed by atoms with van der Waals surface area (Å²) in [5.41, 5.74) is 4.83. The van der Waals surface area contributed by atoms with E-state index in [-0.39, 0.29) is 5.78 Å². The molecule has 160 valence electrons. The Labute approximate surface area is 196 Å². The summed E-state index contributed by atoms with van der Waals surface area (Å²) in [5.74, 6) is -0.0819. The molecule has 0 aliphatic carbocycles. The molecule has 0 fully saturated rings. The van der Waals surface area contributed by atoms with Gasteiger partial charge in [0.2, 0.25) is 4.99 Å². The highest BCUT2D eigenvalue weighted by atomic mass is 35.5. The summed E-state index contributed by atoms with van der Waals surface area (Å²) in [6, 6.07) is 25.8. The van der Waals surface area contributed by atoms with Crippen molar-refractivity contribution in [3.8, 4) is 0 Å². The lowest BCUT2D eigenvalue weighted by Gasteiger charge is -2.47. The number of carbonyl (C=O) groups is 1. The molecule has 0 bridgehead atoms. The summed E-state index contributed by atoms with van der Waals surface area (Å²) in [5, 5.41) is 14.9. The number of para-hydroxylation sites is 1. The van der Waals surface area contributed by atoms with Gasteiger partial charge < -0.3 is 0 Å². The molecule has 1 atom stereocenters. The molecule has 3 aromatic rings. The van der Waals surface area contributed by atoms with Crippen LogP contribution < -0.4 is 10.0 Å². The van der Waals surface area contributed by atoms with Crippen molar-refractivity contribution in [3.63, 3.8) is 0 Å². The molecule has 0 N–H and O–H groups in total. The van der Waals surface area contributed by atoms with E-state index in [0.717, 1.165) is 34.6 Å². The number of hydrogen-bond donors (Lipinski definition) is 0. The second-order valence-electron chi connectivity index (χ2n) is 7.55. The fourth-order valence-corrected chi connectivity index (χ4v) is 5.47. The van der Waals surface area contributed by atoms with E-state index in [0.29, 0.717) is 10.1 Å². The third-order valence-corrected chi connectivity index (χ3v) is 7.19. The van der Waals surface area contributed by atoms with Gasteiger partial charge in [-0.1, -0.05) is 61.0 Å². The van der Waals surface area contributed by atoms with Gasteiger partial charge in [-0.3, -0.25) is 4.79 Å². The van der Waals surface area contributed by atoms with Gasteiger partial charge in [0.05, 0.1) is 17.1 Å². The molecule has 5 rings (SSSR count). The fourth-order valence-electron chi connectivity index (χ4n) is 4.05. The first-order valence-corrected chi connectivity index (χ1v) is 11.6. The second-order valence-corrected chi connectivity index (χ2v) is 9.15. The Morgan fingerprint density at radius 2 is 1.53 bits per heavy atom. The molecule has 2 heterocycles. The van der Waals surface area contributed by atoms with Gasteiger partial charge in [0.1, 0.15) is 0 Å². The van der Waals surface area contributed by atoms with Crippen LogP contribution >= 0.6 is 23.4 Å². The van der Waals surface area contributed by atoms with Crippen LogP contribution in [0.25, 0.3) is 0 Å². The molecule has 5 nitrogen and oxygen atoms in total. The largest absolute Gasteiger partial charge is 0.292 e. The summed E-state index contributed by atoms with van der Waals surface area (Å²) in [6.07, 6.45) is 0.780. The molecular weight excluding hydrogens is 440 g/mol. The van der Waals surface area contributed by atoms with Crippen LogP contribution in [0.1, 0.15) is 31.4 Å². The number of nitrogens with zero attached hydrogens (tertiary/aromatic N) is 4. The van der Waals surface area contributed by atoms with Crippen molar-refractivity contribution in [1.82, 2.24) is 0 Å². The maximum Gasteiger partial charge on any atom is 0.234 e. The normalized spacial score (nSPS) is 19.6. The Balaban J connectivity index is 1.81. The molecule has 0 unspecified atom stereocenters. The van der Waals surface area contributed by atoms with E-state index in [1.165, 1.54) is 11.8 Å². The number of anilines is 2. The average molecular weight is 461 g/mol. The maximum atomic E-state index is 12.5. The van der Waals surface area contributed by atoms with Crippen LogP contribution in [0.5, 0.6) is 0 Å². The quantitative estimate of drug-likeness (QED) is 0.462. The summed E-state index contributed by atoms with van der Waals surface area (Å²) in [7, 11) is 0. The van der Waals surface area contributed by atoms with Crippen molar-refractivity contribution in [2.24, 2.45) is 10.2 Å². The smallest absolute Gasteiger partial charge is 0.234 e. The molecule has 7 heteroatoms. The van der Waals surface area contributed by atoms with Crippen LogP contribution in [0.15, 0.2) is 89.1 Å². The summed E-state index contributed by atoms with van der Waals surface area (Å²) in [6.45, 7) is 3.65. The SMILES string of the molecule is CCC1=NN(c2ccccc2)[C@@]2(SC(C(C)=O)=NN2c2ccc(Cl)cc2)c2ccccc21. The predicted molar refractivity (Wildman–Crippen MR) is 134 cm³/mol. The van der Waals surface area contributed by atoms with Crippen molar-refractivity contribution in [1.29, 1.82) is 0 Å². The molecule has 0 saturated heterocycles. The number of benzene rings is 3. The highest BCUT2D eigenvalue weighted by molar-refractivity contribution is 8.17. The zero-order valence-electron chi connectivity index (χ0n) is 17.7. The van der Waals surface area contributed by atoms with Crippen molar-refractivity contribution >= 4 is 51.3 Å². The lowest BCUT2D eigenvalue weighted by atomic mass is 9.96. The zero-order valence-corrected chi connectivity index (χ0v) is 19.3. The van der Waals surface area contributed by atoms with Gasteiger partial charge in [-0.25, -0.2) is 10.0 Å². The molecule has 0 amide bonds. The molecule has 2 aliphatic rings. The third-order valence-electron chi connectivity index (χ3n) is 5.52. The number of hydrazone groups is 2. The van der Waals surface area contributed by atoms with Crippen molar-refractivity contribution < 1.29 is 4.79 Å². The van der Waals surface area contributed by atoms with Gasteiger partial charge in [-0.15, -0.1) is 0 Å². The Morgan fingerprint density at radius 1 is 0.906 bits per heavy atom. The lowest BCUT2D eigenvalue weighted by Crippen LogP contribution is -2.53. The number of hydrogen-bond acceptors (Lipinski definition) is 6. The van der Waals surface area contributed by atoms with Gasteiger partial charge in [-0.05, 0) is 54.6 Å². The molecule has 1 spiro atoms. The minimum atomic E-state index is -0.897. The molecule has 3 aromatic carbocycles. The van der Waals surface area contributed by atoms with Crippen molar-refractivity contribution in [2.75, 3.05) is 10.0 Å². The van der Waals surface area contributed by atoms with Gasteiger partial charge in [-0.2, -0.15) is 10.2 Å². The third kappa shape index (κ3) is 3.22. The number of ketones is 1. The van der Waals surface area contributed by atoms with Gasteiger partial charge >= 0.3 is 0 Å². The Kier molecular flexibility index (Phi) is 5.27. The minimum absolute atomic E-state index is 0.0819. The van der Waals surface area contributed by atoms with Crippen LogP contribution in [0, 0.1) is 0 Å². The van der Waals surface area contributed by atoms with Gasteiger partial charge in [0.15, 0.2) is 10.8 Å². The predicted octanol–water partition coefficient (Wildman–Crippen LogP) is 6.24. The Bertz CT molecular complexity index is 1240. The van der Waals surface area contributed by atoms with E-state index < -0.39 is 4.99 Å². The molecule has 0 saturated carbocycles. The number of Topliss-reactive ketones (excluding diaryl/α,β-unsaturated/α-hetero) is 1. The fraction of sp³-hybridized carbons (Fsp3) is 0.160. The van der Waals surface area contributed by atoms with Crippen LogP contribution in [0.2, 0.25) is 5.02 Å². The molecule has 0 radical (unpaired) electrons. The molecule has 32 heavy (non-hydrogen) atoms. The van der Waals surface area contributed by atoms with Crippen molar-refractivity contribution in [2.45, 2.75) is 25.3 Å². The zero-order chi connectivity index (χ0) is 22.3. The van der Waals surface area contributed by atoms with Crippen LogP contribution in [0.3, 0.4) is 0 Å². The highest BCUT2D eigenvalue weighted by Gasteiger charge is 2.55. The molecule has 0 aromatic heterocycles. The summed E-state index contributed by atoms with van der Waals surface area (Å²) >= 11 is 7.59. The maximum absolute atomic E-state index is 12.5. The summed E-state index contributed by atoms with van der Waals surface area (Å²) < 4.78 is 0. The second kappa shape index (κ2) is 8.11. The topological polar surface area (TPSA) is 48.3 Å². The van der Waals surface area contributed by atoms with Crippen molar-refractivity contribution in [3.05, 3.63) is 95.0 Å². The van der Waals surface area contributed by atoms with E-state index in [1.807, 2.05) is 76.7 Å². The van der Waals surface area contributed by atoms with E-state index >= 15 is 0 Å². The average Bonchev–Trinajstić information content (AvgIpc) is 3.22. The van der Waals surface area contributed by atoms with Crippen LogP contribution in [0.4, 0.5) is 11.4 Å². The van der Waals surface area contributed by atoms with Gasteiger partial charge in [0, 0.05) is 23.1 Å². The minimum Gasteiger partial charge on any atom is -0.292 e. The van der Waals surface area contributed by atoms with Crippen LogP contribution in [-0.2, 0) is 9.79 Å². The number of halogens is 1. The number of thioether (sulfide) groups is 1. The highest BCUT2D eigenvalue weighted by Crippen LogP contribution is 2.54. The lowest BCUT2D eigenvalue weighted by molar-refractivity contribution is -0.110. The first-order valence-electron chi connectivity index (χ1n) is 10.4. The Hall–Kier alpha value is -3.09.